The van der Waals surface area contributed by atoms with Gasteiger partial charge in [-0.2, -0.15) is 0 Å². The SMILES string of the molecule is COc1cc([N+](=O)[O-])ccc1NC(=O)NC(C)C1CC2CCC1C2. The number of hydrogen-bond acceptors (Lipinski definition) is 4. The molecule has 24 heavy (non-hydrogen) atoms. The number of benzene rings is 1. The molecule has 7 nitrogen and oxygen atoms in total. The van der Waals surface area contributed by atoms with Crippen LogP contribution in [0.5, 0.6) is 5.75 Å². The second-order valence-electron chi connectivity index (χ2n) is 6.87. The van der Waals surface area contributed by atoms with Crippen LogP contribution in [-0.4, -0.2) is 24.1 Å². The molecular formula is C17H23N3O4. The summed E-state index contributed by atoms with van der Waals surface area (Å²) in [6.45, 7) is 2.05. The second kappa shape index (κ2) is 6.67. The molecule has 2 bridgehead atoms. The Balaban J connectivity index is 1.61. The quantitative estimate of drug-likeness (QED) is 0.636. The van der Waals surface area contributed by atoms with Gasteiger partial charge in [-0.15, -0.1) is 0 Å². The number of nitrogens with one attached hydrogen (secondary N) is 2. The summed E-state index contributed by atoms with van der Waals surface area (Å²) in [6, 6.07) is 3.94. The Morgan fingerprint density at radius 1 is 1.38 bits per heavy atom. The van der Waals surface area contributed by atoms with Crippen molar-refractivity contribution >= 4 is 17.4 Å². The van der Waals surface area contributed by atoms with Gasteiger partial charge in [0.05, 0.1) is 23.8 Å². The zero-order valence-corrected chi connectivity index (χ0v) is 14.0. The number of ether oxygens (including phenoxy) is 1. The summed E-state index contributed by atoms with van der Waals surface area (Å²) in [7, 11) is 1.42. The zero-order chi connectivity index (χ0) is 17.3. The second-order valence-corrected chi connectivity index (χ2v) is 6.87. The molecule has 0 saturated heterocycles. The lowest BCUT2D eigenvalue weighted by Crippen LogP contribution is -2.42. The first-order valence-electron chi connectivity index (χ1n) is 8.38. The molecule has 0 aromatic heterocycles. The molecule has 4 atom stereocenters. The fourth-order valence-corrected chi connectivity index (χ4v) is 4.28. The molecule has 1 aromatic rings. The maximum absolute atomic E-state index is 12.3. The summed E-state index contributed by atoms with van der Waals surface area (Å²) < 4.78 is 5.14. The Morgan fingerprint density at radius 2 is 2.17 bits per heavy atom. The van der Waals surface area contributed by atoms with Crippen molar-refractivity contribution in [2.24, 2.45) is 17.8 Å². The van der Waals surface area contributed by atoms with Gasteiger partial charge in [0.1, 0.15) is 5.75 Å². The molecule has 2 N–H and O–H groups in total. The summed E-state index contributed by atoms with van der Waals surface area (Å²) in [4.78, 5) is 22.6. The van der Waals surface area contributed by atoms with E-state index in [2.05, 4.69) is 17.6 Å². The van der Waals surface area contributed by atoms with Crippen LogP contribution in [0, 0.1) is 27.9 Å². The van der Waals surface area contributed by atoms with Gasteiger partial charge in [0.25, 0.3) is 5.69 Å². The number of nitrogens with zero attached hydrogens (tertiary/aromatic N) is 1. The summed E-state index contributed by atoms with van der Waals surface area (Å²) >= 11 is 0. The van der Waals surface area contributed by atoms with E-state index in [0.29, 0.717) is 11.6 Å². The van der Waals surface area contributed by atoms with Gasteiger partial charge in [0.15, 0.2) is 0 Å². The number of methoxy groups -OCH3 is 1. The van der Waals surface area contributed by atoms with E-state index in [9.17, 15) is 14.9 Å². The highest BCUT2D eigenvalue weighted by Crippen LogP contribution is 2.49. The number of hydrogen-bond donors (Lipinski definition) is 2. The molecule has 1 aromatic carbocycles. The monoisotopic (exact) mass is 333 g/mol. The largest absolute Gasteiger partial charge is 0.494 e. The summed E-state index contributed by atoms with van der Waals surface area (Å²) in [5, 5.41) is 16.5. The van der Waals surface area contributed by atoms with Gasteiger partial charge >= 0.3 is 6.03 Å². The average Bonchev–Trinajstić information content (AvgIpc) is 3.17. The third-order valence-electron chi connectivity index (χ3n) is 5.44. The molecule has 130 valence electrons. The number of rotatable bonds is 5. The van der Waals surface area contributed by atoms with Crippen molar-refractivity contribution in [3.8, 4) is 5.75 Å². The topological polar surface area (TPSA) is 93.5 Å². The molecule has 2 aliphatic rings. The fourth-order valence-electron chi connectivity index (χ4n) is 4.28. The summed E-state index contributed by atoms with van der Waals surface area (Å²) in [6.07, 6.45) is 5.11. The van der Waals surface area contributed by atoms with Gasteiger partial charge in [-0.05, 0) is 50.0 Å². The molecule has 2 fully saturated rings. The number of fused-ring (bicyclic) bond motifs is 2. The predicted octanol–water partition coefficient (Wildman–Crippen LogP) is 3.55. The number of nitro benzene ring substituents is 1. The Bertz CT molecular complexity index is 649. The molecule has 2 amide bonds. The fraction of sp³-hybridized carbons (Fsp3) is 0.588. The van der Waals surface area contributed by atoms with E-state index >= 15 is 0 Å². The van der Waals surface area contributed by atoms with E-state index in [1.807, 2.05) is 0 Å². The third kappa shape index (κ3) is 3.29. The molecule has 0 aliphatic heterocycles. The minimum Gasteiger partial charge on any atom is -0.494 e. The minimum absolute atomic E-state index is 0.0758. The van der Waals surface area contributed by atoms with Gasteiger partial charge in [-0.1, -0.05) is 6.42 Å². The number of anilines is 1. The van der Waals surface area contributed by atoms with Gasteiger partial charge in [0.2, 0.25) is 0 Å². The standard InChI is InChI=1S/C17H23N3O4/c1-10(14-8-11-3-4-12(14)7-11)18-17(21)19-15-6-5-13(20(22)23)9-16(15)24-2/h5-6,9-12,14H,3-4,7-8H2,1-2H3,(H2,18,19,21). The van der Waals surface area contributed by atoms with Crippen LogP contribution in [0.1, 0.15) is 32.6 Å². The molecule has 2 saturated carbocycles. The molecule has 3 rings (SSSR count). The van der Waals surface area contributed by atoms with Crippen LogP contribution in [0.15, 0.2) is 18.2 Å². The third-order valence-corrected chi connectivity index (χ3v) is 5.44. The first-order valence-corrected chi connectivity index (χ1v) is 8.38. The lowest BCUT2D eigenvalue weighted by molar-refractivity contribution is -0.384. The zero-order valence-electron chi connectivity index (χ0n) is 14.0. The molecular weight excluding hydrogens is 310 g/mol. The van der Waals surface area contributed by atoms with Crippen LogP contribution in [0.25, 0.3) is 0 Å². The Kier molecular flexibility index (Phi) is 4.59. The normalized spacial score (nSPS) is 26.0. The van der Waals surface area contributed by atoms with E-state index < -0.39 is 4.92 Å². The predicted molar refractivity (Wildman–Crippen MR) is 90.2 cm³/mol. The van der Waals surface area contributed by atoms with E-state index in [1.54, 1.807) is 0 Å². The Hall–Kier alpha value is -2.31. The van der Waals surface area contributed by atoms with Crippen molar-refractivity contribution in [3.05, 3.63) is 28.3 Å². The lowest BCUT2D eigenvalue weighted by Gasteiger charge is -2.28. The van der Waals surface area contributed by atoms with Crippen molar-refractivity contribution in [2.75, 3.05) is 12.4 Å². The minimum atomic E-state index is -0.496. The molecule has 7 heteroatoms. The first-order chi connectivity index (χ1) is 11.5. The smallest absolute Gasteiger partial charge is 0.319 e. The van der Waals surface area contributed by atoms with Crippen molar-refractivity contribution < 1.29 is 14.5 Å². The molecule has 4 unspecified atom stereocenters. The highest BCUT2D eigenvalue weighted by Gasteiger charge is 2.42. The van der Waals surface area contributed by atoms with Gasteiger partial charge < -0.3 is 15.4 Å². The number of urea groups is 1. The molecule has 0 radical (unpaired) electrons. The van der Waals surface area contributed by atoms with Crippen LogP contribution >= 0.6 is 0 Å². The number of carbonyl (C=O) groups is 1. The number of nitro groups is 1. The highest BCUT2D eigenvalue weighted by molar-refractivity contribution is 5.91. The van der Waals surface area contributed by atoms with Crippen molar-refractivity contribution in [1.29, 1.82) is 0 Å². The average molecular weight is 333 g/mol. The van der Waals surface area contributed by atoms with Crippen LogP contribution in [0.4, 0.5) is 16.2 Å². The molecule has 0 spiro atoms. The van der Waals surface area contributed by atoms with Crippen LogP contribution in [-0.2, 0) is 0 Å². The van der Waals surface area contributed by atoms with E-state index in [4.69, 9.17) is 4.74 Å². The number of carbonyl (C=O) groups excluding carboxylic acids is 1. The summed E-state index contributed by atoms with van der Waals surface area (Å²) in [5.41, 5.74) is 0.342. The number of amides is 2. The van der Waals surface area contributed by atoms with Crippen LogP contribution in [0.2, 0.25) is 0 Å². The molecule has 2 aliphatic carbocycles. The Morgan fingerprint density at radius 3 is 2.75 bits per heavy atom. The van der Waals surface area contributed by atoms with Crippen molar-refractivity contribution in [3.63, 3.8) is 0 Å². The van der Waals surface area contributed by atoms with Crippen molar-refractivity contribution in [2.45, 2.75) is 38.6 Å². The van der Waals surface area contributed by atoms with E-state index in [0.717, 1.165) is 11.8 Å². The maximum atomic E-state index is 12.3. The highest BCUT2D eigenvalue weighted by atomic mass is 16.6. The van der Waals surface area contributed by atoms with Crippen LogP contribution in [0.3, 0.4) is 0 Å². The van der Waals surface area contributed by atoms with Crippen LogP contribution < -0.4 is 15.4 Å². The van der Waals surface area contributed by atoms with Gasteiger partial charge in [-0.25, -0.2) is 4.79 Å². The number of non-ortho nitro benzene ring substituents is 1. The van der Waals surface area contributed by atoms with E-state index in [1.165, 1.54) is 51.0 Å². The summed E-state index contributed by atoms with van der Waals surface area (Å²) in [5.74, 6) is 2.39. The first kappa shape index (κ1) is 16.5. The van der Waals surface area contributed by atoms with Gasteiger partial charge in [0, 0.05) is 12.1 Å². The Labute approximate surface area is 140 Å². The van der Waals surface area contributed by atoms with E-state index in [-0.39, 0.29) is 23.5 Å². The maximum Gasteiger partial charge on any atom is 0.319 e. The van der Waals surface area contributed by atoms with Gasteiger partial charge in [-0.3, -0.25) is 10.1 Å². The lowest BCUT2D eigenvalue weighted by atomic mass is 9.84. The van der Waals surface area contributed by atoms with Crippen molar-refractivity contribution in [1.82, 2.24) is 5.32 Å². The molecule has 0 heterocycles.